The quantitative estimate of drug-likeness (QED) is 0.637. The Hall–Kier alpha value is -1.30. The number of hydrogen-bond donors (Lipinski definition) is 2. The van der Waals surface area contributed by atoms with Gasteiger partial charge in [0.25, 0.3) is 0 Å². The van der Waals surface area contributed by atoms with E-state index < -0.39 is 0 Å². The van der Waals surface area contributed by atoms with Gasteiger partial charge in [0.1, 0.15) is 0 Å². The minimum atomic E-state index is 0.588. The molecule has 2 unspecified atom stereocenters. The predicted molar refractivity (Wildman–Crippen MR) is 82.0 cm³/mol. The van der Waals surface area contributed by atoms with Crippen LogP contribution < -0.4 is 15.5 Å². The lowest BCUT2D eigenvalue weighted by molar-refractivity contribution is 0.765. The van der Waals surface area contributed by atoms with E-state index in [9.17, 15) is 0 Å². The van der Waals surface area contributed by atoms with Gasteiger partial charge in [0.05, 0.1) is 12.2 Å². The minimum Gasteiger partial charge on any atom is -0.357 e. The van der Waals surface area contributed by atoms with Crippen molar-refractivity contribution in [3.8, 4) is 0 Å². The van der Waals surface area contributed by atoms with E-state index in [1.54, 1.807) is 11.3 Å². The van der Waals surface area contributed by atoms with Crippen LogP contribution in [0.5, 0.6) is 0 Å². The summed E-state index contributed by atoms with van der Waals surface area (Å²) < 4.78 is 0. The fourth-order valence-corrected chi connectivity index (χ4v) is 2.50. The summed E-state index contributed by atoms with van der Waals surface area (Å²) in [5, 5.41) is 9.82. The Bertz CT molecular complexity index is 440. The van der Waals surface area contributed by atoms with Gasteiger partial charge in [0, 0.05) is 32.1 Å². The molecule has 0 amide bonds. The minimum absolute atomic E-state index is 0.588. The van der Waals surface area contributed by atoms with Gasteiger partial charge in [0.15, 0.2) is 11.1 Å². The lowest BCUT2D eigenvalue weighted by Crippen LogP contribution is -2.39. The molecular formula is C13H23N5S. The molecule has 1 aliphatic carbocycles. The molecule has 1 aromatic rings. The van der Waals surface area contributed by atoms with Crippen LogP contribution in [0.15, 0.2) is 10.4 Å². The molecule has 0 radical (unpaired) electrons. The first-order chi connectivity index (χ1) is 9.10. The Balaban J connectivity index is 1.92. The first-order valence-electron chi connectivity index (χ1n) is 6.76. The van der Waals surface area contributed by atoms with Crippen molar-refractivity contribution >= 4 is 22.4 Å². The van der Waals surface area contributed by atoms with Crippen LogP contribution in [0.4, 0.5) is 5.13 Å². The molecule has 2 rings (SSSR count). The van der Waals surface area contributed by atoms with Crippen LogP contribution in [0.25, 0.3) is 0 Å². The number of anilines is 1. The normalized spacial score (nSPS) is 22.2. The monoisotopic (exact) mass is 281 g/mol. The van der Waals surface area contributed by atoms with Crippen molar-refractivity contribution in [3.05, 3.63) is 11.1 Å². The van der Waals surface area contributed by atoms with Gasteiger partial charge in [-0.3, -0.25) is 0 Å². The lowest BCUT2D eigenvalue weighted by Gasteiger charge is -2.10. The van der Waals surface area contributed by atoms with E-state index in [0.717, 1.165) is 29.2 Å². The molecule has 0 saturated heterocycles. The Morgan fingerprint density at radius 1 is 1.58 bits per heavy atom. The maximum atomic E-state index is 4.59. The SMILES string of the molecule is CCNC(=NCc1csc(N(C)C)n1)NC1CC1C. The summed E-state index contributed by atoms with van der Waals surface area (Å²) >= 11 is 1.65. The van der Waals surface area contributed by atoms with E-state index in [4.69, 9.17) is 0 Å². The summed E-state index contributed by atoms with van der Waals surface area (Å²) in [6, 6.07) is 0.588. The number of aliphatic imine (C=N–C) groups is 1. The van der Waals surface area contributed by atoms with E-state index in [1.165, 1.54) is 6.42 Å². The van der Waals surface area contributed by atoms with Gasteiger partial charge >= 0.3 is 0 Å². The largest absolute Gasteiger partial charge is 0.357 e. The Labute approximate surface area is 119 Å². The van der Waals surface area contributed by atoms with Gasteiger partial charge in [-0.1, -0.05) is 6.92 Å². The number of nitrogens with zero attached hydrogens (tertiary/aromatic N) is 3. The summed E-state index contributed by atoms with van der Waals surface area (Å²) in [5.74, 6) is 1.67. The first-order valence-corrected chi connectivity index (χ1v) is 7.64. The van der Waals surface area contributed by atoms with Gasteiger partial charge in [-0.15, -0.1) is 11.3 Å². The molecule has 1 fully saturated rings. The Kier molecular flexibility index (Phi) is 4.63. The number of aromatic nitrogens is 1. The van der Waals surface area contributed by atoms with Gasteiger partial charge in [-0.25, -0.2) is 9.98 Å². The van der Waals surface area contributed by atoms with E-state index in [-0.39, 0.29) is 0 Å². The van der Waals surface area contributed by atoms with Crippen molar-refractivity contribution < 1.29 is 0 Å². The molecule has 2 atom stereocenters. The summed E-state index contributed by atoms with van der Waals surface area (Å²) in [7, 11) is 4.01. The fourth-order valence-electron chi connectivity index (χ4n) is 1.75. The van der Waals surface area contributed by atoms with Crippen molar-refractivity contribution in [1.82, 2.24) is 15.6 Å². The van der Waals surface area contributed by atoms with E-state index in [2.05, 4.69) is 39.8 Å². The highest BCUT2D eigenvalue weighted by molar-refractivity contribution is 7.13. The van der Waals surface area contributed by atoms with Crippen molar-refractivity contribution in [2.45, 2.75) is 32.9 Å². The second kappa shape index (κ2) is 6.23. The van der Waals surface area contributed by atoms with Gasteiger partial charge in [0.2, 0.25) is 0 Å². The van der Waals surface area contributed by atoms with Crippen LogP contribution in [-0.4, -0.2) is 37.6 Å². The number of nitrogens with one attached hydrogen (secondary N) is 2. The lowest BCUT2D eigenvalue weighted by atomic mass is 10.5. The van der Waals surface area contributed by atoms with Crippen LogP contribution >= 0.6 is 11.3 Å². The second-order valence-corrected chi connectivity index (χ2v) is 6.01. The predicted octanol–water partition coefficient (Wildman–Crippen LogP) is 1.67. The van der Waals surface area contributed by atoms with Crippen LogP contribution in [-0.2, 0) is 6.54 Å². The average Bonchev–Trinajstić information content (AvgIpc) is 2.89. The summed E-state index contributed by atoms with van der Waals surface area (Å²) in [5.41, 5.74) is 1.02. The third-order valence-electron chi connectivity index (χ3n) is 3.10. The van der Waals surface area contributed by atoms with Crippen LogP contribution in [0.1, 0.15) is 26.0 Å². The highest BCUT2D eigenvalue weighted by Gasteiger charge is 2.33. The molecule has 1 aromatic heterocycles. The Morgan fingerprint density at radius 3 is 2.84 bits per heavy atom. The number of thiazole rings is 1. The third-order valence-corrected chi connectivity index (χ3v) is 4.15. The van der Waals surface area contributed by atoms with Crippen LogP contribution in [0.3, 0.4) is 0 Å². The van der Waals surface area contributed by atoms with E-state index in [0.29, 0.717) is 12.6 Å². The van der Waals surface area contributed by atoms with Gasteiger partial charge in [-0.05, 0) is 19.3 Å². The molecule has 0 spiro atoms. The summed E-state index contributed by atoms with van der Waals surface area (Å²) in [6.45, 7) is 5.85. The molecule has 6 heteroatoms. The maximum Gasteiger partial charge on any atom is 0.191 e. The zero-order valence-electron chi connectivity index (χ0n) is 12.1. The molecule has 5 nitrogen and oxygen atoms in total. The zero-order chi connectivity index (χ0) is 13.8. The summed E-state index contributed by atoms with van der Waals surface area (Å²) in [6.07, 6.45) is 1.24. The first kappa shape index (κ1) is 14.1. The third kappa shape index (κ3) is 4.09. The Morgan fingerprint density at radius 2 is 2.32 bits per heavy atom. The number of guanidine groups is 1. The van der Waals surface area contributed by atoms with Crippen molar-refractivity contribution in [1.29, 1.82) is 0 Å². The zero-order valence-corrected chi connectivity index (χ0v) is 12.9. The van der Waals surface area contributed by atoms with Gasteiger partial charge < -0.3 is 15.5 Å². The number of hydrogen-bond acceptors (Lipinski definition) is 4. The van der Waals surface area contributed by atoms with Crippen LogP contribution in [0, 0.1) is 5.92 Å². The molecule has 106 valence electrons. The molecule has 19 heavy (non-hydrogen) atoms. The molecular weight excluding hydrogens is 258 g/mol. The molecule has 0 aromatic carbocycles. The van der Waals surface area contributed by atoms with Crippen molar-refractivity contribution in [3.63, 3.8) is 0 Å². The maximum absolute atomic E-state index is 4.59. The molecule has 2 N–H and O–H groups in total. The molecule has 1 aliphatic rings. The molecule has 0 aliphatic heterocycles. The van der Waals surface area contributed by atoms with E-state index >= 15 is 0 Å². The molecule has 0 bridgehead atoms. The highest BCUT2D eigenvalue weighted by Crippen LogP contribution is 2.28. The van der Waals surface area contributed by atoms with Crippen LogP contribution in [0.2, 0.25) is 0 Å². The number of rotatable bonds is 5. The highest BCUT2D eigenvalue weighted by atomic mass is 32.1. The summed E-state index contributed by atoms with van der Waals surface area (Å²) in [4.78, 5) is 11.1. The molecule has 1 heterocycles. The van der Waals surface area contributed by atoms with Crippen molar-refractivity contribution in [2.24, 2.45) is 10.9 Å². The molecule has 1 saturated carbocycles. The second-order valence-electron chi connectivity index (χ2n) is 5.17. The average molecular weight is 281 g/mol. The standard InChI is InChI=1S/C13H23N5S/c1-5-14-12(17-11-6-9(11)2)15-7-10-8-19-13(16-10)18(3)4/h8-9,11H,5-7H2,1-4H3,(H2,14,15,17). The smallest absolute Gasteiger partial charge is 0.191 e. The van der Waals surface area contributed by atoms with Crippen molar-refractivity contribution in [2.75, 3.05) is 25.5 Å². The van der Waals surface area contributed by atoms with Gasteiger partial charge in [-0.2, -0.15) is 0 Å². The fraction of sp³-hybridized carbons (Fsp3) is 0.692. The topological polar surface area (TPSA) is 52.6 Å². The van der Waals surface area contributed by atoms with E-state index in [1.807, 2.05) is 19.0 Å².